The number of aromatic nitrogens is 2. The Morgan fingerprint density at radius 2 is 2.00 bits per heavy atom. The first-order chi connectivity index (χ1) is 10.8. The lowest BCUT2D eigenvalue weighted by Crippen LogP contribution is -2.39. The lowest BCUT2D eigenvalue weighted by Gasteiger charge is -2.25. The fourth-order valence-electron chi connectivity index (χ4n) is 3.70. The van der Waals surface area contributed by atoms with Crippen molar-refractivity contribution in [3.63, 3.8) is 0 Å². The van der Waals surface area contributed by atoms with Crippen LogP contribution >= 0.6 is 0 Å². The third-order valence-corrected chi connectivity index (χ3v) is 4.85. The molecule has 5 nitrogen and oxygen atoms in total. The number of hydrogen-bond acceptors (Lipinski definition) is 3. The van der Waals surface area contributed by atoms with E-state index in [0.717, 1.165) is 49.3 Å². The normalized spacial score (nSPS) is 22.7. The number of para-hydroxylation sites is 2. The van der Waals surface area contributed by atoms with Crippen LogP contribution in [0.15, 0.2) is 24.3 Å². The number of benzene rings is 1. The topological polar surface area (TPSA) is 52.2 Å². The van der Waals surface area contributed by atoms with Crippen molar-refractivity contribution < 1.29 is 4.79 Å². The smallest absolute Gasteiger partial charge is 0.237 e. The largest absolute Gasteiger partial charge is 0.340 e. The molecule has 1 amide bonds. The van der Waals surface area contributed by atoms with Gasteiger partial charge in [-0.05, 0) is 50.9 Å². The summed E-state index contributed by atoms with van der Waals surface area (Å²) in [5, 5.41) is 0. The van der Waals surface area contributed by atoms with E-state index in [-0.39, 0.29) is 11.9 Å². The van der Waals surface area contributed by atoms with Gasteiger partial charge in [-0.2, -0.15) is 0 Å². The second-order valence-electron chi connectivity index (χ2n) is 6.37. The van der Waals surface area contributed by atoms with Gasteiger partial charge in [-0.15, -0.1) is 0 Å². The number of hydrogen-bond donors (Lipinski definition) is 1. The van der Waals surface area contributed by atoms with Crippen LogP contribution in [-0.2, 0) is 4.79 Å². The number of nitrogens with zero attached hydrogens (tertiary/aromatic N) is 3. The Morgan fingerprint density at radius 1 is 1.18 bits per heavy atom. The highest BCUT2D eigenvalue weighted by Gasteiger charge is 2.32. The second-order valence-corrected chi connectivity index (χ2v) is 6.37. The summed E-state index contributed by atoms with van der Waals surface area (Å²) in [5.74, 6) is 1.19. The number of carbonyl (C=O) groups is 1. The SMILES string of the molecule is O=C(CN1CCCC1)N1CCC[C@@H]1c1nc2ccccc2[nH]1. The highest BCUT2D eigenvalue weighted by atomic mass is 16.2. The van der Waals surface area contributed by atoms with Crippen molar-refractivity contribution in [2.45, 2.75) is 31.7 Å². The highest BCUT2D eigenvalue weighted by Crippen LogP contribution is 2.31. The lowest BCUT2D eigenvalue weighted by molar-refractivity contribution is -0.133. The maximum absolute atomic E-state index is 12.6. The van der Waals surface area contributed by atoms with Crippen LogP contribution in [0, 0.1) is 0 Å². The molecule has 5 heteroatoms. The summed E-state index contributed by atoms with van der Waals surface area (Å²) in [7, 11) is 0. The average molecular weight is 298 g/mol. The number of imidazole rings is 1. The molecule has 0 unspecified atom stereocenters. The molecule has 1 N–H and O–H groups in total. The summed E-state index contributed by atoms with van der Waals surface area (Å²) in [6.07, 6.45) is 4.51. The quantitative estimate of drug-likeness (QED) is 0.946. The first-order valence-corrected chi connectivity index (χ1v) is 8.28. The molecule has 3 heterocycles. The van der Waals surface area contributed by atoms with Crippen LogP contribution in [0.4, 0.5) is 0 Å². The molecule has 1 aromatic carbocycles. The lowest BCUT2D eigenvalue weighted by atomic mass is 10.2. The number of nitrogens with one attached hydrogen (secondary N) is 1. The van der Waals surface area contributed by atoms with Crippen LogP contribution in [-0.4, -0.2) is 51.9 Å². The van der Waals surface area contributed by atoms with Gasteiger partial charge in [-0.3, -0.25) is 9.69 Å². The molecule has 0 radical (unpaired) electrons. The molecule has 2 fully saturated rings. The Balaban J connectivity index is 1.53. The fourth-order valence-corrected chi connectivity index (χ4v) is 3.70. The number of amides is 1. The van der Waals surface area contributed by atoms with Gasteiger partial charge in [-0.25, -0.2) is 4.98 Å². The second kappa shape index (κ2) is 5.72. The summed E-state index contributed by atoms with van der Waals surface area (Å²) < 4.78 is 0. The van der Waals surface area contributed by atoms with Gasteiger partial charge in [0.1, 0.15) is 5.82 Å². The van der Waals surface area contributed by atoms with Crippen LogP contribution < -0.4 is 0 Å². The molecule has 0 bridgehead atoms. The summed E-state index contributed by atoms with van der Waals surface area (Å²) in [5.41, 5.74) is 2.03. The predicted molar refractivity (Wildman–Crippen MR) is 85.5 cm³/mol. The first kappa shape index (κ1) is 13.8. The van der Waals surface area contributed by atoms with E-state index in [1.807, 2.05) is 29.2 Å². The van der Waals surface area contributed by atoms with E-state index in [1.54, 1.807) is 0 Å². The van der Waals surface area contributed by atoms with Gasteiger partial charge in [0.2, 0.25) is 5.91 Å². The van der Waals surface area contributed by atoms with Crippen LogP contribution in [0.2, 0.25) is 0 Å². The van der Waals surface area contributed by atoms with Crippen LogP contribution in [0.25, 0.3) is 11.0 Å². The zero-order chi connectivity index (χ0) is 14.9. The summed E-state index contributed by atoms with van der Waals surface area (Å²) in [6.45, 7) is 3.55. The molecule has 1 aromatic heterocycles. The van der Waals surface area contributed by atoms with Crippen molar-refractivity contribution in [2.75, 3.05) is 26.2 Å². The van der Waals surface area contributed by atoms with E-state index in [1.165, 1.54) is 12.8 Å². The van der Waals surface area contributed by atoms with Gasteiger partial charge in [0.15, 0.2) is 0 Å². The van der Waals surface area contributed by atoms with Crippen molar-refractivity contribution in [1.29, 1.82) is 0 Å². The molecule has 2 aromatic rings. The minimum absolute atomic E-state index is 0.113. The number of rotatable bonds is 3. The van der Waals surface area contributed by atoms with Crippen LogP contribution in [0.3, 0.4) is 0 Å². The number of aromatic amines is 1. The van der Waals surface area contributed by atoms with E-state index >= 15 is 0 Å². The van der Waals surface area contributed by atoms with E-state index < -0.39 is 0 Å². The molecular formula is C17H22N4O. The number of H-pyrrole nitrogens is 1. The minimum Gasteiger partial charge on any atom is -0.340 e. The Morgan fingerprint density at radius 3 is 2.82 bits per heavy atom. The Hall–Kier alpha value is -1.88. The summed E-state index contributed by atoms with van der Waals surface area (Å²) >= 11 is 0. The molecule has 1 atom stereocenters. The van der Waals surface area contributed by atoms with Crippen LogP contribution in [0.1, 0.15) is 37.5 Å². The van der Waals surface area contributed by atoms with Gasteiger partial charge in [0.25, 0.3) is 0 Å². The van der Waals surface area contributed by atoms with E-state index in [0.29, 0.717) is 6.54 Å². The molecule has 2 saturated heterocycles. The van der Waals surface area contributed by atoms with E-state index in [2.05, 4.69) is 9.88 Å². The predicted octanol–water partition coefficient (Wildman–Crippen LogP) is 2.32. The third kappa shape index (κ3) is 2.50. The standard InChI is InChI=1S/C17H22N4O/c22-16(12-20-9-3-4-10-20)21-11-5-8-15(21)17-18-13-6-1-2-7-14(13)19-17/h1-2,6-7,15H,3-5,8-12H2,(H,18,19)/t15-/m1/s1. The van der Waals surface area contributed by atoms with Gasteiger partial charge < -0.3 is 9.88 Å². The Bertz CT molecular complexity index is 641. The molecule has 0 saturated carbocycles. The van der Waals surface area contributed by atoms with E-state index in [9.17, 15) is 4.79 Å². The monoisotopic (exact) mass is 298 g/mol. The van der Waals surface area contributed by atoms with Crippen LogP contribution in [0.5, 0.6) is 0 Å². The highest BCUT2D eigenvalue weighted by molar-refractivity contribution is 5.79. The fraction of sp³-hybridized carbons (Fsp3) is 0.529. The van der Waals surface area contributed by atoms with Crippen molar-refractivity contribution in [1.82, 2.24) is 19.8 Å². The minimum atomic E-state index is 0.113. The first-order valence-electron chi connectivity index (χ1n) is 8.28. The third-order valence-electron chi connectivity index (χ3n) is 4.85. The maximum atomic E-state index is 12.6. The van der Waals surface area contributed by atoms with Crippen molar-refractivity contribution in [3.8, 4) is 0 Å². The Labute approximate surface area is 130 Å². The number of carbonyl (C=O) groups excluding carboxylic acids is 1. The van der Waals surface area contributed by atoms with Gasteiger partial charge >= 0.3 is 0 Å². The van der Waals surface area contributed by atoms with Crippen molar-refractivity contribution >= 4 is 16.9 Å². The molecule has 116 valence electrons. The van der Waals surface area contributed by atoms with Gasteiger partial charge in [0.05, 0.1) is 23.6 Å². The van der Waals surface area contributed by atoms with Crippen molar-refractivity contribution in [3.05, 3.63) is 30.1 Å². The van der Waals surface area contributed by atoms with Gasteiger partial charge in [0, 0.05) is 6.54 Å². The zero-order valence-electron chi connectivity index (χ0n) is 12.8. The average Bonchev–Trinajstić information content (AvgIpc) is 3.26. The Kier molecular flexibility index (Phi) is 3.58. The zero-order valence-corrected chi connectivity index (χ0v) is 12.8. The molecule has 0 spiro atoms. The molecule has 4 rings (SSSR count). The van der Waals surface area contributed by atoms with E-state index in [4.69, 9.17) is 4.98 Å². The summed E-state index contributed by atoms with van der Waals surface area (Å²) in [4.78, 5) is 25.0. The molecule has 0 aliphatic carbocycles. The maximum Gasteiger partial charge on any atom is 0.237 e. The summed E-state index contributed by atoms with van der Waals surface area (Å²) in [6, 6.07) is 8.17. The molecular weight excluding hydrogens is 276 g/mol. The molecule has 2 aliphatic rings. The number of likely N-dealkylation sites (tertiary alicyclic amines) is 2. The molecule has 2 aliphatic heterocycles. The molecule has 22 heavy (non-hydrogen) atoms. The van der Waals surface area contributed by atoms with Gasteiger partial charge in [-0.1, -0.05) is 12.1 Å². The number of fused-ring (bicyclic) bond motifs is 1. The van der Waals surface area contributed by atoms with Crippen molar-refractivity contribution in [2.24, 2.45) is 0 Å².